The van der Waals surface area contributed by atoms with E-state index in [4.69, 9.17) is 9.47 Å². The van der Waals surface area contributed by atoms with Gasteiger partial charge in [-0.15, -0.1) is 0 Å². The van der Waals surface area contributed by atoms with Crippen molar-refractivity contribution in [3.63, 3.8) is 0 Å². The molecule has 1 heterocycles. The summed E-state index contributed by atoms with van der Waals surface area (Å²) in [4.78, 5) is 29.1. The van der Waals surface area contributed by atoms with E-state index in [-0.39, 0.29) is 29.9 Å². The van der Waals surface area contributed by atoms with Crippen molar-refractivity contribution in [2.45, 2.75) is 45.8 Å². The molecule has 1 aromatic rings. The third kappa shape index (κ3) is 6.18. The number of carbonyl (C=O) groups is 2. The Morgan fingerprint density at radius 3 is 2.66 bits per heavy atom. The van der Waals surface area contributed by atoms with Crippen molar-refractivity contribution in [3.05, 3.63) is 23.8 Å². The molecule has 3 atom stereocenters. The van der Waals surface area contributed by atoms with Crippen molar-refractivity contribution < 1.29 is 19.1 Å². The molecule has 2 amide bonds. The first-order chi connectivity index (χ1) is 13.8. The number of anilines is 1. The van der Waals surface area contributed by atoms with Gasteiger partial charge in [0, 0.05) is 45.4 Å². The predicted octanol–water partition coefficient (Wildman–Crippen LogP) is 2.86. The molecule has 162 valence electrons. The Balaban J connectivity index is 2.37. The van der Waals surface area contributed by atoms with Gasteiger partial charge in [0.25, 0.3) is 5.91 Å². The summed E-state index contributed by atoms with van der Waals surface area (Å²) in [7, 11) is 5.53. The molecule has 0 unspecified atom stereocenters. The summed E-state index contributed by atoms with van der Waals surface area (Å²) in [6, 6.07) is 5.42. The zero-order valence-electron chi connectivity index (χ0n) is 18.5. The van der Waals surface area contributed by atoms with Crippen LogP contribution in [-0.4, -0.2) is 74.7 Å². The van der Waals surface area contributed by atoms with Gasteiger partial charge in [0.15, 0.2) is 0 Å². The van der Waals surface area contributed by atoms with Crippen LogP contribution in [0.15, 0.2) is 18.2 Å². The summed E-state index contributed by atoms with van der Waals surface area (Å²) in [5, 5.41) is 2.86. The van der Waals surface area contributed by atoms with Gasteiger partial charge in [-0.1, -0.05) is 13.8 Å². The number of nitrogens with one attached hydrogen (secondary N) is 1. The Hall–Kier alpha value is -2.12. The van der Waals surface area contributed by atoms with Gasteiger partial charge in [-0.2, -0.15) is 0 Å². The Morgan fingerprint density at radius 2 is 2.00 bits per heavy atom. The Morgan fingerprint density at radius 1 is 1.28 bits per heavy atom. The maximum Gasteiger partial charge on any atom is 0.257 e. The van der Waals surface area contributed by atoms with Crippen LogP contribution >= 0.6 is 0 Å². The highest BCUT2D eigenvalue weighted by Crippen LogP contribution is 2.26. The average Bonchev–Trinajstić information content (AvgIpc) is 2.69. The SMILES string of the molecule is CCCC(=O)Nc1ccc2c(c1)C(=O)N(C)C[C@H](OC)[C@H](C)CN(C)[C@H](C)CO2. The summed E-state index contributed by atoms with van der Waals surface area (Å²) in [5.74, 6) is 0.563. The Kier molecular flexibility index (Phi) is 8.46. The minimum atomic E-state index is -0.151. The van der Waals surface area contributed by atoms with E-state index in [1.54, 1.807) is 37.3 Å². The summed E-state index contributed by atoms with van der Waals surface area (Å²) in [6.45, 7) is 7.98. The van der Waals surface area contributed by atoms with Crippen LogP contribution in [0.3, 0.4) is 0 Å². The Bertz CT molecular complexity index is 709. The number of rotatable bonds is 4. The highest BCUT2D eigenvalue weighted by atomic mass is 16.5. The number of methoxy groups -OCH3 is 1. The summed E-state index contributed by atoms with van der Waals surface area (Å²) in [6.07, 6.45) is 1.14. The third-order valence-electron chi connectivity index (χ3n) is 5.52. The first kappa shape index (κ1) is 23.2. The first-order valence-corrected chi connectivity index (χ1v) is 10.3. The first-order valence-electron chi connectivity index (χ1n) is 10.3. The smallest absolute Gasteiger partial charge is 0.257 e. The zero-order valence-corrected chi connectivity index (χ0v) is 18.5. The van der Waals surface area contributed by atoms with Crippen molar-refractivity contribution in [3.8, 4) is 5.75 Å². The molecule has 1 aliphatic heterocycles. The molecule has 0 fully saturated rings. The van der Waals surface area contributed by atoms with E-state index in [0.29, 0.717) is 36.6 Å². The van der Waals surface area contributed by atoms with Crippen molar-refractivity contribution in [2.24, 2.45) is 5.92 Å². The van der Waals surface area contributed by atoms with Gasteiger partial charge in [-0.3, -0.25) is 14.5 Å². The molecule has 29 heavy (non-hydrogen) atoms. The number of nitrogens with zero attached hydrogens (tertiary/aromatic N) is 2. The molecular weight excluding hydrogens is 370 g/mol. The summed E-state index contributed by atoms with van der Waals surface area (Å²) >= 11 is 0. The molecule has 7 heteroatoms. The van der Waals surface area contributed by atoms with Crippen molar-refractivity contribution in [1.29, 1.82) is 0 Å². The number of hydrogen-bond acceptors (Lipinski definition) is 5. The lowest BCUT2D eigenvalue weighted by atomic mass is 10.0. The molecule has 7 nitrogen and oxygen atoms in total. The van der Waals surface area contributed by atoms with Gasteiger partial charge in [-0.05, 0) is 44.5 Å². The van der Waals surface area contributed by atoms with Crippen LogP contribution in [0.2, 0.25) is 0 Å². The molecular formula is C22H35N3O4. The van der Waals surface area contributed by atoms with Crippen LogP contribution in [0.1, 0.15) is 44.0 Å². The largest absolute Gasteiger partial charge is 0.491 e. The maximum atomic E-state index is 13.2. The van der Waals surface area contributed by atoms with Gasteiger partial charge < -0.3 is 19.7 Å². The Labute approximate surface area is 174 Å². The van der Waals surface area contributed by atoms with E-state index in [0.717, 1.165) is 13.0 Å². The minimum Gasteiger partial charge on any atom is -0.491 e. The fourth-order valence-electron chi connectivity index (χ4n) is 3.49. The van der Waals surface area contributed by atoms with Gasteiger partial charge in [-0.25, -0.2) is 0 Å². The van der Waals surface area contributed by atoms with E-state index in [2.05, 4.69) is 31.1 Å². The second-order valence-electron chi connectivity index (χ2n) is 8.05. The number of fused-ring (bicyclic) bond motifs is 1. The van der Waals surface area contributed by atoms with Crippen molar-refractivity contribution >= 4 is 17.5 Å². The number of ether oxygens (including phenoxy) is 2. The van der Waals surface area contributed by atoms with Crippen LogP contribution in [-0.2, 0) is 9.53 Å². The van der Waals surface area contributed by atoms with E-state index < -0.39 is 0 Å². The molecule has 0 saturated heterocycles. The summed E-state index contributed by atoms with van der Waals surface area (Å²) < 4.78 is 11.7. The molecule has 0 aromatic heterocycles. The number of benzene rings is 1. The van der Waals surface area contributed by atoms with Gasteiger partial charge in [0.05, 0.1) is 11.7 Å². The topological polar surface area (TPSA) is 71.1 Å². The zero-order chi connectivity index (χ0) is 21.6. The van der Waals surface area contributed by atoms with Crippen LogP contribution in [0.4, 0.5) is 5.69 Å². The lowest BCUT2D eigenvalue weighted by Gasteiger charge is -2.34. The van der Waals surface area contributed by atoms with E-state index in [1.165, 1.54) is 0 Å². The molecule has 0 bridgehead atoms. The normalized spacial score (nSPS) is 24.1. The third-order valence-corrected chi connectivity index (χ3v) is 5.52. The lowest BCUT2D eigenvalue weighted by molar-refractivity contribution is -0.116. The van der Waals surface area contributed by atoms with Crippen LogP contribution in [0.5, 0.6) is 5.75 Å². The monoisotopic (exact) mass is 405 g/mol. The van der Waals surface area contributed by atoms with Gasteiger partial charge in [0.2, 0.25) is 5.91 Å². The fourth-order valence-corrected chi connectivity index (χ4v) is 3.49. The molecule has 0 radical (unpaired) electrons. The fraction of sp³-hybridized carbons (Fsp3) is 0.636. The van der Waals surface area contributed by atoms with Crippen molar-refractivity contribution in [2.75, 3.05) is 46.2 Å². The van der Waals surface area contributed by atoms with Crippen LogP contribution in [0.25, 0.3) is 0 Å². The number of likely N-dealkylation sites (N-methyl/N-ethyl adjacent to an activating group) is 2. The standard InChI is InChI=1S/C22H35N3O4/c1-7-8-21(26)23-17-9-10-19-18(11-17)22(27)25(5)13-20(28-6)15(2)12-24(4)16(3)14-29-19/h9-11,15-16,20H,7-8,12-14H2,1-6H3,(H,23,26)/t15-,16-,20+/m1/s1. The molecule has 1 aliphatic rings. The number of hydrogen-bond donors (Lipinski definition) is 1. The predicted molar refractivity (Wildman–Crippen MR) is 114 cm³/mol. The van der Waals surface area contributed by atoms with Crippen molar-refractivity contribution in [1.82, 2.24) is 9.80 Å². The second-order valence-corrected chi connectivity index (χ2v) is 8.05. The van der Waals surface area contributed by atoms with E-state index in [9.17, 15) is 9.59 Å². The van der Waals surface area contributed by atoms with Gasteiger partial charge >= 0.3 is 0 Å². The van der Waals surface area contributed by atoms with Crippen LogP contribution in [0, 0.1) is 5.92 Å². The molecule has 1 N–H and O–H groups in total. The highest BCUT2D eigenvalue weighted by molar-refractivity contribution is 5.99. The quantitative estimate of drug-likeness (QED) is 0.834. The van der Waals surface area contributed by atoms with Gasteiger partial charge in [0.1, 0.15) is 12.4 Å². The van der Waals surface area contributed by atoms with Crippen LogP contribution < -0.4 is 10.1 Å². The van der Waals surface area contributed by atoms with E-state index >= 15 is 0 Å². The maximum absolute atomic E-state index is 13.2. The summed E-state index contributed by atoms with van der Waals surface area (Å²) in [5.41, 5.74) is 1.04. The lowest BCUT2D eigenvalue weighted by Crippen LogP contribution is -2.45. The molecule has 0 spiro atoms. The second kappa shape index (κ2) is 10.6. The molecule has 0 saturated carbocycles. The molecule has 1 aromatic carbocycles. The minimum absolute atomic E-state index is 0.0640. The number of carbonyl (C=O) groups excluding carboxylic acids is 2. The molecule has 2 rings (SSSR count). The highest BCUT2D eigenvalue weighted by Gasteiger charge is 2.27. The average molecular weight is 406 g/mol. The molecule has 0 aliphatic carbocycles. The number of amides is 2. The van der Waals surface area contributed by atoms with E-state index in [1.807, 2.05) is 6.92 Å².